The molecular formula is C15H22N2O4. The summed E-state index contributed by atoms with van der Waals surface area (Å²) in [5.74, 6) is 0.642. The molecule has 3 N–H and O–H groups in total. The minimum absolute atomic E-state index is 0.00986. The van der Waals surface area contributed by atoms with Gasteiger partial charge in [-0.3, -0.25) is 4.79 Å². The van der Waals surface area contributed by atoms with Gasteiger partial charge in [0.1, 0.15) is 0 Å². The summed E-state index contributed by atoms with van der Waals surface area (Å²) in [7, 11) is 3.11. The molecule has 1 aromatic carbocycles. The first kappa shape index (κ1) is 15.6. The van der Waals surface area contributed by atoms with Gasteiger partial charge < -0.3 is 25.3 Å². The molecule has 1 fully saturated rings. The first-order chi connectivity index (χ1) is 10.2. The van der Waals surface area contributed by atoms with Crippen LogP contribution >= 0.6 is 0 Å². The van der Waals surface area contributed by atoms with Crippen LogP contribution in [0.25, 0.3) is 0 Å². The highest BCUT2D eigenvalue weighted by Gasteiger charge is 2.25. The first-order valence-electron chi connectivity index (χ1n) is 7.03. The summed E-state index contributed by atoms with van der Waals surface area (Å²) in [5.41, 5.74) is 6.16. The van der Waals surface area contributed by atoms with E-state index in [2.05, 4.69) is 5.32 Å². The number of primary amides is 1. The highest BCUT2D eigenvalue weighted by atomic mass is 16.5. The summed E-state index contributed by atoms with van der Waals surface area (Å²) < 4.78 is 16.3. The lowest BCUT2D eigenvalue weighted by Gasteiger charge is -2.27. The van der Waals surface area contributed by atoms with E-state index in [1.54, 1.807) is 32.4 Å². The van der Waals surface area contributed by atoms with Crippen molar-refractivity contribution in [3.05, 3.63) is 23.8 Å². The third kappa shape index (κ3) is 3.86. The lowest BCUT2D eigenvalue weighted by atomic mass is 10.1. The smallest absolute Gasteiger partial charge is 0.251 e. The van der Waals surface area contributed by atoms with Crippen LogP contribution in [0.4, 0.5) is 0 Å². The second-order valence-corrected chi connectivity index (χ2v) is 5.00. The first-order valence-corrected chi connectivity index (χ1v) is 7.03. The maximum Gasteiger partial charge on any atom is 0.251 e. The van der Waals surface area contributed by atoms with E-state index in [1.165, 1.54) is 0 Å². The molecule has 0 bridgehead atoms. The van der Waals surface area contributed by atoms with Gasteiger partial charge in [-0.2, -0.15) is 0 Å². The zero-order chi connectivity index (χ0) is 15.2. The fourth-order valence-electron chi connectivity index (χ4n) is 2.45. The Morgan fingerprint density at radius 2 is 2.10 bits per heavy atom. The molecule has 0 aliphatic carbocycles. The molecular weight excluding hydrogens is 272 g/mol. The van der Waals surface area contributed by atoms with Gasteiger partial charge in [0.05, 0.1) is 20.3 Å². The van der Waals surface area contributed by atoms with Crippen LogP contribution in [-0.4, -0.2) is 39.3 Å². The quantitative estimate of drug-likeness (QED) is 0.818. The number of amides is 1. The van der Waals surface area contributed by atoms with E-state index >= 15 is 0 Å². The SMILES string of the molecule is COc1ccc([C@H](O[C@@H]2CCCNC2)C(N)=O)cc1OC. The molecule has 1 aromatic rings. The Bertz CT molecular complexity index is 487. The number of ether oxygens (including phenoxy) is 3. The van der Waals surface area contributed by atoms with Crippen LogP contribution in [0.2, 0.25) is 0 Å². The molecule has 0 saturated carbocycles. The Morgan fingerprint density at radius 3 is 2.67 bits per heavy atom. The fourth-order valence-corrected chi connectivity index (χ4v) is 2.45. The molecule has 6 heteroatoms. The third-order valence-corrected chi connectivity index (χ3v) is 3.55. The van der Waals surface area contributed by atoms with Crippen molar-refractivity contribution >= 4 is 5.91 Å². The van der Waals surface area contributed by atoms with Gasteiger partial charge in [-0.1, -0.05) is 6.07 Å². The summed E-state index contributed by atoms with van der Waals surface area (Å²) in [6.45, 7) is 1.72. The molecule has 0 unspecified atom stereocenters. The monoisotopic (exact) mass is 294 g/mol. The number of piperidine rings is 1. The summed E-state index contributed by atoms with van der Waals surface area (Å²) in [6.07, 6.45) is 1.16. The minimum Gasteiger partial charge on any atom is -0.493 e. The molecule has 1 heterocycles. The van der Waals surface area contributed by atoms with Crippen molar-refractivity contribution in [3.63, 3.8) is 0 Å². The molecule has 1 amide bonds. The zero-order valence-corrected chi connectivity index (χ0v) is 12.4. The van der Waals surface area contributed by atoms with E-state index in [4.69, 9.17) is 19.9 Å². The number of nitrogens with one attached hydrogen (secondary N) is 1. The molecule has 0 radical (unpaired) electrons. The molecule has 0 aromatic heterocycles. The van der Waals surface area contributed by atoms with Gasteiger partial charge in [0.25, 0.3) is 5.91 Å². The minimum atomic E-state index is -0.783. The number of hydrogen-bond acceptors (Lipinski definition) is 5. The highest BCUT2D eigenvalue weighted by Crippen LogP contribution is 2.31. The molecule has 21 heavy (non-hydrogen) atoms. The summed E-state index contributed by atoms with van der Waals surface area (Å²) in [6, 6.07) is 5.24. The van der Waals surface area contributed by atoms with Crippen LogP contribution in [0.5, 0.6) is 11.5 Å². The van der Waals surface area contributed by atoms with Crippen molar-refractivity contribution in [1.29, 1.82) is 0 Å². The van der Waals surface area contributed by atoms with E-state index in [-0.39, 0.29) is 6.10 Å². The average Bonchev–Trinajstić information content (AvgIpc) is 2.52. The molecule has 1 saturated heterocycles. The largest absolute Gasteiger partial charge is 0.493 e. The Kier molecular flexibility index (Phi) is 5.41. The van der Waals surface area contributed by atoms with Gasteiger partial charge in [-0.25, -0.2) is 0 Å². The van der Waals surface area contributed by atoms with Gasteiger partial charge in [-0.15, -0.1) is 0 Å². The topological polar surface area (TPSA) is 82.8 Å². The van der Waals surface area contributed by atoms with Crippen molar-refractivity contribution < 1.29 is 19.0 Å². The van der Waals surface area contributed by atoms with Gasteiger partial charge in [0.15, 0.2) is 17.6 Å². The van der Waals surface area contributed by atoms with Crippen LogP contribution in [0, 0.1) is 0 Å². The number of benzene rings is 1. The van der Waals surface area contributed by atoms with Crippen LogP contribution in [0.3, 0.4) is 0 Å². The Labute approximate surface area is 124 Å². The maximum atomic E-state index is 11.7. The lowest BCUT2D eigenvalue weighted by molar-refractivity contribution is -0.134. The molecule has 2 rings (SSSR count). The van der Waals surface area contributed by atoms with E-state index in [0.29, 0.717) is 17.1 Å². The number of nitrogens with two attached hydrogens (primary N) is 1. The molecule has 1 aliphatic heterocycles. The molecule has 1 aliphatic rings. The number of carbonyl (C=O) groups is 1. The Balaban J connectivity index is 2.19. The average molecular weight is 294 g/mol. The van der Waals surface area contributed by atoms with Crippen molar-refractivity contribution in [2.75, 3.05) is 27.3 Å². The van der Waals surface area contributed by atoms with Gasteiger partial charge >= 0.3 is 0 Å². The van der Waals surface area contributed by atoms with Crippen molar-refractivity contribution in [2.45, 2.75) is 25.0 Å². The van der Waals surface area contributed by atoms with Crippen LogP contribution < -0.4 is 20.5 Å². The summed E-state index contributed by atoms with van der Waals surface area (Å²) in [5, 5.41) is 3.25. The second-order valence-electron chi connectivity index (χ2n) is 5.00. The van der Waals surface area contributed by atoms with E-state index < -0.39 is 12.0 Å². The number of methoxy groups -OCH3 is 2. The number of rotatable bonds is 6. The highest BCUT2D eigenvalue weighted by molar-refractivity contribution is 5.80. The standard InChI is InChI=1S/C15H22N2O4/c1-19-12-6-5-10(8-13(12)20-2)14(15(16)18)21-11-4-3-7-17-9-11/h5-6,8,11,14,17H,3-4,7,9H2,1-2H3,(H2,16,18)/t11-,14+/m1/s1. The van der Waals surface area contributed by atoms with Crippen molar-refractivity contribution in [1.82, 2.24) is 5.32 Å². The normalized spacial score (nSPS) is 19.8. The van der Waals surface area contributed by atoms with Crippen molar-refractivity contribution in [3.8, 4) is 11.5 Å². The van der Waals surface area contributed by atoms with E-state index in [0.717, 1.165) is 25.9 Å². The molecule has 116 valence electrons. The predicted molar refractivity (Wildman–Crippen MR) is 78.5 cm³/mol. The molecule has 2 atom stereocenters. The van der Waals surface area contributed by atoms with Gasteiger partial charge in [0, 0.05) is 6.54 Å². The van der Waals surface area contributed by atoms with Crippen LogP contribution in [0.15, 0.2) is 18.2 Å². The van der Waals surface area contributed by atoms with E-state index in [1.807, 2.05) is 0 Å². The van der Waals surface area contributed by atoms with E-state index in [9.17, 15) is 4.79 Å². The predicted octanol–water partition coefficient (Wildman–Crippen LogP) is 0.999. The van der Waals surface area contributed by atoms with Gasteiger partial charge in [0.2, 0.25) is 0 Å². The summed E-state index contributed by atoms with van der Waals surface area (Å²) in [4.78, 5) is 11.7. The maximum absolute atomic E-state index is 11.7. The lowest BCUT2D eigenvalue weighted by Crippen LogP contribution is -2.38. The Morgan fingerprint density at radius 1 is 1.33 bits per heavy atom. The van der Waals surface area contributed by atoms with Crippen LogP contribution in [-0.2, 0) is 9.53 Å². The van der Waals surface area contributed by atoms with Crippen molar-refractivity contribution in [2.24, 2.45) is 5.73 Å². The second kappa shape index (κ2) is 7.28. The van der Waals surface area contributed by atoms with Gasteiger partial charge in [-0.05, 0) is 37.1 Å². The number of carbonyl (C=O) groups excluding carboxylic acids is 1. The van der Waals surface area contributed by atoms with Crippen LogP contribution in [0.1, 0.15) is 24.5 Å². The zero-order valence-electron chi connectivity index (χ0n) is 12.4. The molecule has 6 nitrogen and oxygen atoms in total. The Hall–Kier alpha value is -1.79. The summed E-state index contributed by atoms with van der Waals surface area (Å²) >= 11 is 0. The molecule has 0 spiro atoms. The fraction of sp³-hybridized carbons (Fsp3) is 0.533. The number of hydrogen-bond donors (Lipinski definition) is 2. The third-order valence-electron chi connectivity index (χ3n) is 3.55.